The third kappa shape index (κ3) is 39.6. The Morgan fingerprint density at radius 3 is 1.39 bits per heavy atom. The van der Waals surface area contributed by atoms with Crippen LogP contribution in [-0.4, -0.2) is 86.5 Å². The zero-order valence-corrected chi connectivity index (χ0v) is 34.1. The number of aliphatic hydroxyl groups excluding tert-OH is 1. The van der Waals surface area contributed by atoms with Gasteiger partial charge in [-0.05, 0) is 77.0 Å². The van der Waals surface area contributed by atoms with Gasteiger partial charge in [-0.3, -0.25) is 4.79 Å². The number of quaternary nitrogens is 1. The molecule has 0 heterocycles. The van der Waals surface area contributed by atoms with Crippen molar-refractivity contribution < 1.29 is 38.5 Å². The number of carbonyl (C=O) groups is 2. The number of carboxylic acid groups (broad SMARTS) is 1. The van der Waals surface area contributed by atoms with E-state index in [1.807, 2.05) is 21.1 Å². The summed E-state index contributed by atoms with van der Waals surface area (Å²) in [6.45, 7) is 2.42. The van der Waals surface area contributed by atoms with Crippen molar-refractivity contribution in [1.82, 2.24) is 0 Å². The molecule has 304 valence electrons. The molecule has 0 aliphatic carbocycles. The lowest BCUT2D eigenvalue weighted by molar-refractivity contribution is -0.870. The number of hydrogen-bond donors (Lipinski definition) is 2. The highest BCUT2D eigenvalue weighted by Crippen LogP contribution is 2.09. The fraction of sp³-hybridized carbons (Fsp3) is 0.565. The number of allylic oxidation sites excluding steroid dienone is 18. The molecule has 2 N–H and O–H groups in total. The van der Waals surface area contributed by atoms with Gasteiger partial charge in [0, 0.05) is 6.42 Å². The van der Waals surface area contributed by atoms with Crippen LogP contribution < -0.4 is 0 Å². The van der Waals surface area contributed by atoms with E-state index in [2.05, 4.69) is 116 Å². The second-order valence-corrected chi connectivity index (χ2v) is 14.1. The molecule has 0 radical (unpaired) electrons. The van der Waals surface area contributed by atoms with Crippen LogP contribution in [0.2, 0.25) is 0 Å². The first-order valence-electron chi connectivity index (χ1n) is 20.1. The monoisotopic (exact) mass is 753 g/mol. The van der Waals surface area contributed by atoms with E-state index in [0.29, 0.717) is 17.4 Å². The second-order valence-electron chi connectivity index (χ2n) is 14.1. The summed E-state index contributed by atoms with van der Waals surface area (Å²) >= 11 is 0. The van der Waals surface area contributed by atoms with Crippen molar-refractivity contribution in [2.75, 3.05) is 47.5 Å². The van der Waals surface area contributed by atoms with Crippen molar-refractivity contribution in [2.45, 2.75) is 122 Å². The van der Waals surface area contributed by atoms with Crippen molar-refractivity contribution in [3.05, 3.63) is 109 Å². The van der Waals surface area contributed by atoms with E-state index >= 15 is 0 Å². The summed E-state index contributed by atoms with van der Waals surface area (Å²) < 4.78 is 16.1. The SMILES string of the molecule is CC/C=C\C/C=C\C/C=C\C/C=C\C/C=C\C/C=C\C/C=C\C/C=C\C/C=C\CCCCCCCC(=O)OCC(O)COC(OCC[N+](C)(C)C)C(=O)O. The van der Waals surface area contributed by atoms with Crippen molar-refractivity contribution in [1.29, 1.82) is 0 Å². The Morgan fingerprint density at radius 2 is 0.963 bits per heavy atom. The third-order valence-electron chi connectivity index (χ3n) is 7.77. The zero-order chi connectivity index (χ0) is 39.8. The van der Waals surface area contributed by atoms with Crippen molar-refractivity contribution in [3.63, 3.8) is 0 Å². The van der Waals surface area contributed by atoms with Crippen molar-refractivity contribution in [2.24, 2.45) is 0 Å². The molecular formula is C46H74NO7+. The van der Waals surface area contributed by atoms with Crippen LogP contribution >= 0.6 is 0 Å². The number of rotatable bonds is 35. The van der Waals surface area contributed by atoms with Gasteiger partial charge in [-0.15, -0.1) is 0 Å². The molecule has 0 fully saturated rings. The molecule has 0 saturated heterocycles. The quantitative estimate of drug-likeness (QED) is 0.0218. The Morgan fingerprint density at radius 1 is 0.556 bits per heavy atom. The standard InChI is InChI=1S/C46H73NO7/c1-5-6-7-8-9-10-11-12-13-14-15-16-17-18-19-20-21-22-23-24-25-26-27-28-29-30-31-32-33-34-35-36-37-38-44(49)53-41-43(48)42-54-46(45(50)51)52-40-39-47(2,3)4/h6-7,9-10,12-13,15-16,18-19,21-22,24-25,27-28,30-31,43,46,48H,5,8,11,14,17,20,23,26,29,32-42H2,1-4H3/p+1/b7-6-,10-9-,13-12-,16-15-,19-18-,22-21-,25-24-,28-27-,31-30-. The van der Waals surface area contributed by atoms with Crippen LogP contribution in [0.1, 0.15) is 110 Å². The van der Waals surface area contributed by atoms with Crippen LogP contribution in [0.5, 0.6) is 0 Å². The zero-order valence-electron chi connectivity index (χ0n) is 34.1. The number of aliphatic hydroxyl groups is 1. The summed E-state index contributed by atoms with van der Waals surface area (Å²) in [4.78, 5) is 23.3. The molecule has 0 saturated carbocycles. The minimum atomic E-state index is -1.47. The lowest BCUT2D eigenvalue weighted by Crippen LogP contribution is -2.40. The Kier molecular flexibility index (Phi) is 35.3. The highest BCUT2D eigenvalue weighted by molar-refractivity contribution is 5.70. The summed E-state index contributed by atoms with van der Waals surface area (Å²) in [7, 11) is 5.90. The maximum absolute atomic E-state index is 12.0. The summed E-state index contributed by atoms with van der Waals surface area (Å²) in [5.74, 6) is -1.64. The lowest BCUT2D eigenvalue weighted by Gasteiger charge is -2.24. The molecule has 54 heavy (non-hydrogen) atoms. The molecule has 0 spiro atoms. The first kappa shape index (κ1) is 50.4. The minimum Gasteiger partial charge on any atom is -0.477 e. The van der Waals surface area contributed by atoms with E-state index in [-0.39, 0.29) is 25.8 Å². The smallest absolute Gasteiger partial charge is 0.361 e. The highest BCUT2D eigenvalue weighted by Gasteiger charge is 2.22. The number of hydrogen-bond acceptors (Lipinski definition) is 6. The number of esters is 1. The van der Waals surface area contributed by atoms with E-state index in [4.69, 9.17) is 14.2 Å². The molecule has 0 bridgehead atoms. The summed E-state index contributed by atoms with van der Waals surface area (Å²) in [6, 6.07) is 0. The molecule has 0 rings (SSSR count). The fourth-order valence-electron chi connectivity index (χ4n) is 4.65. The van der Waals surface area contributed by atoms with Gasteiger partial charge < -0.3 is 28.9 Å². The van der Waals surface area contributed by atoms with Gasteiger partial charge in [0.1, 0.15) is 19.3 Å². The maximum Gasteiger partial charge on any atom is 0.361 e. The third-order valence-corrected chi connectivity index (χ3v) is 7.77. The molecule has 2 atom stereocenters. The number of nitrogens with zero attached hydrogens (tertiary/aromatic N) is 1. The van der Waals surface area contributed by atoms with Crippen LogP contribution in [-0.2, 0) is 23.8 Å². The summed E-state index contributed by atoms with van der Waals surface area (Å²) in [5, 5.41) is 19.2. The number of ether oxygens (including phenoxy) is 3. The average molecular weight is 753 g/mol. The van der Waals surface area contributed by atoms with E-state index in [1.54, 1.807) is 0 Å². The molecule has 0 aromatic carbocycles. The normalized spacial score (nSPS) is 14.3. The highest BCUT2D eigenvalue weighted by atomic mass is 16.7. The van der Waals surface area contributed by atoms with Crippen LogP contribution in [0, 0.1) is 0 Å². The van der Waals surface area contributed by atoms with E-state index in [9.17, 15) is 19.8 Å². The Bertz CT molecular complexity index is 1180. The van der Waals surface area contributed by atoms with Gasteiger partial charge in [0.2, 0.25) is 0 Å². The predicted molar refractivity (Wildman–Crippen MR) is 225 cm³/mol. The van der Waals surface area contributed by atoms with Crippen molar-refractivity contribution >= 4 is 11.9 Å². The molecule has 2 unspecified atom stereocenters. The Hall–Kier alpha value is -3.56. The largest absolute Gasteiger partial charge is 0.477 e. The van der Waals surface area contributed by atoms with E-state index < -0.39 is 18.4 Å². The van der Waals surface area contributed by atoms with Gasteiger partial charge in [0.05, 0.1) is 34.4 Å². The number of carboxylic acids is 1. The number of unbranched alkanes of at least 4 members (excludes halogenated alkanes) is 5. The van der Waals surface area contributed by atoms with Gasteiger partial charge >= 0.3 is 11.9 Å². The Balaban J connectivity index is 3.69. The number of aliphatic carboxylic acids is 1. The van der Waals surface area contributed by atoms with Gasteiger partial charge in [0.25, 0.3) is 6.29 Å². The van der Waals surface area contributed by atoms with E-state index in [1.165, 1.54) is 0 Å². The second kappa shape index (κ2) is 37.7. The van der Waals surface area contributed by atoms with E-state index in [0.717, 1.165) is 96.3 Å². The van der Waals surface area contributed by atoms with Crippen molar-refractivity contribution in [3.8, 4) is 0 Å². The van der Waals surface area contributed by atoms with Gasteiger partial charge in [-0.2, -0.15) is 0 Å². The van der Waals surface area contributed by atoms with Crippen LogP contribution in [0.15, 0.2) is 109 Å². The molecule has 0 amide bonds. The molecular weight excluding hydrogens is 679 g/mol. The van der Waals surface area contributed by atoms with Crippen LogP contribution in [0.25, 0.3) is 0 Å². The first-order valence-corrected chi connectivity index (χ1v) is 20.1. The molecule has 0 aromatic heterocycles. The predicted octanol–water partition coefficient (Wildman–Crippen LogP) is 10.3. The van der Waals surface area contributed by atoms with Gasteiger partial charge in [-0.1, -0.05) is 136 Å². The van der Waals surface area contributed by atoms with Gasteiger partial charge in [-0.25, -0.2) is 4.79 Å². The minimum absolute atomic E-state index is 0.201. The lowest BCUT2D eigenvalue weighted by atomic mass is 10.1. The average Bonchev–Trinajstić information content (AvgIpc) is 3.13. The molecule has 0 aliphatic rings. The van der Waals surface area contributed by atoms with Crippen LogP contribution in [0.4, 0.5) is 0 Å². The number of likely N-dealkylation sites (N-methyl/N-ethyl adjacent to an activating group) is 1. The Labute approximate surface area is 328 Å². The first-order chi connectivity index (χ1) is 26.2. The summed E-state index contributed by atoms with van der Waals surface area (Å²) in [6.07, 6.45) is 52.7. The molecule has 0 aliphatic heterocycles. The number of carbonyl (C=O) groups excluding carboxylic acids is 1. The van der Waals surface area contributed by atoms with Crippen LogP contribution in [0.3, 0.4) is 0 Å². The molecule has 8 heteroatoms. The van der Waals surface area contributed by atoms with Gasteiger partial charge in [0.15, 0.2) is 0 Å². The topological polar surface area (TPSA) is 102 Å². The maximum atomic E-state index is 12.0. The molecule has 0 aromatic rings. The summed E-state index contributed by atoms with van der Waals surface area (Å²) in [5.41, 5.74) is 0. The fourth-order valence-corrected chi connectivity index (χ4v) is 4.65. The molecule has 8 nitrogen and oxygen atoms in total.